The highest BCUT2D eigenvalue weighted by atomic mass is 16.6. The van der Waals surface area contributed by atoms with Crippen molar-refractivity contribution in [3.8, 4) is 0 Å². The number of unbranched alkanes of at least 4 members (excludes halogenated alkanes) is 2. The third-order valence-corrected chi connectivity index (χ3v) is 2.84. The fourth-order valence-electron chi connectivity index (χ4n) is 1.46. The van der Waals surface area contributed by atoms with Crippen molar-refractivity contribution in [3.05, 3.63) is 0 Å². The van der Waals surface area contributed by atoms with E-state index in [1.165, 1.54) is 0 Å². The van der Waals surface area contributed by atoms with Crippen molar-refractivity contribution in [1.29, 1.82) is 0 Å². The van der Waals surface area contributed by atoms with E-state index in [2.05, 4.69) is 12.4 Å². The predicted octanol–water partition coefficient (Wildman–Crippen LogP) is -1.11. The average Bonchev–Trinajstić information content (AvgIpc) is 2.49. The predicted molar refractivity (Wildman–Crippen MR) is 84.2 cm³/mol. The van der Waals surface area contributed by atoms with Crippen LogP contribution in [0.25, 0.3) is 0 Å². The molecule has 1 atom stereocenters. The molecule has 0 heterocycles. The molecule has 152 valence electrons. The minimum Gasteiger partial charge on any atom is -0.481 e. The van der Waals surface area contributed by atoms with Crippen LogP contribution in [0.15, 0.2) is 0 Å². The number of aliphatic hydroxyl groups excluding tert-OH is 1. The van der Waals surface area contributed by atoms with Crippen molar-refractivity contribution in [2.45, 2.75) is 50.7 Å². The van der Waals surface area contributed by atoms with Crippen molar-refractivity contribution >= 4 is 23.9 Å². The zero-order valence-corrected chi connectivity index (χ0v) is 14.3. The van der Waals surface area contributed by atoms with Crippen LogP contribution in [0, 0.1) is 0 Å². The van der Waals surface area contributed by atoms with Crippen LogP contribution in [0.2, 0.25) is 0 Å². The molecule has 0 fully saturated rings. The first kappa shape index (κ1) is 26.0. The summed E-state index contributed by atoms with van der Waals surface area (Å²) in [5.74, 6) is -6.13. The third-order valence-electron chi connectivity index (χ3n) is 2.84. The van der Waals surface area contributed by atoms with E-state index >= 15 is 0 Å². The summed E-state index contributed by atoms with van der Waals surface area (Å²) < 4.78 is 0. The fraction of sp³-hybridized carbons (Fsp3) is 0.714. The number of aliphatic hydroxyl groups is 2. The normalized spacial score (nSPS) is 11.8. The van der Waals surface area contributed by atoms with Crippen molar-refractivity contribution in [1.82, 2.24) is 5.48 Å². The summed E-state index contributed by atoms with van der Waals surface area (Å²) in [7, 11) is 0. The van der Waals surface area contributed by atoms with Gasteiger partial charge in [0.1, 0.15) is 0 Å². The summed E-state index contributed by atoms with van der Waals surface area (Å²) in [5.41, 5.74) is -0.460. The molecule has 0 radical (unpaired) electrons. The lowest BCUT2D eigenvalue weighted by Gasteiger charge is -2.18. The molecule has 12 heteroatoms. The number of rotatable bonds is 13. The van der Waals surface area contributed by atoms with Gasteiger partial charge in [0.25, 0.3) is 0 Å². The van der Waals surface area contributed by atoms with Gasteiger partial charge in [-0.05, 0) is 6.42 Å². The summed E-state index contributed by atoms with van der Waals surface area (Å²) >= 11 is 0. The van der Waals surface area contributed by atoms with E-state index in [9.17, 15) is 19.2 Å². The number of hydrogen-bond donors (Lipinski definition) is 7. The summed E-state index contributed by atoms with van der Waals surface area (Å²) in [5, 5.41) is 50.9. The topological polar surface area (TPSA) is 211 Å². The summed E-state index contributed by atoms with van der Waals surface area (Å²) in [6.07, 6.45) is 0.745. The van der Waals surface area contributed by atoms with E-state index in [-0.39, 0.29) is 0 Å². The van der Waals surface area contributed by atoms with Gasteiger partial charge in [0, 0.05) is 0 Å². The number of carbonyl (C=O) groups is 4. The van der Waals surface area contributed by atoms with Crippen molar-refractivity contribution < 1.29 is 54.7 Å². The quantitative estimate of drug-likeness (QED) is 0.149. The van der Waals surface area contributed by atoms with Gasteiger partial charge >= 0.3 is 23.9 Å². The number of hydrogen-bond acceptors (Lipinski definition) is 8. The van der Waals surface area contributed by atoms with Gasteiger partial charge in [0.2, 0.25) is 0 Å². The third kappa shape index (κ3) is 13.1. The second kappa shape index (κ2) is 13.9. The van der Waals surface area contributed by atoms with E-state index in [0.29, 0.717) is 6.61 Å². The summed E-state index contributed by atoms with van der Waals surface area (Å²) in [6.45, 7) is 2.07. The van der Waals surface area contributed by atoms with Crippen LogP contribution < -0.4 is 5.48 Å². The first-order valence-corrected chi connectivity index (χ1v) is 7.60. The molecule has 0 aliphatic carbocycles. The number of aliphatic carboxylic acids is 4. The smallest absolute Gasteiger partial charge is 0.336 e. The molecule has 26 heavy (non-hydrogen) atoms. The molecule has 12 nitrogen and oxygen atoms in total. The zero-order valence-electron chi connectivity index (χ0n) is 14.3. The molecular formula is C14H25NO11. The lowest BCUT2D eigenvalue weighted by Crippen LogP contribution is -2.42. The first-order valence-electron chi connectivity index (χ1n) is 7.60. The maximum atomic E-state index is 10.3. The molecule has 0 aliphatic rings. The molecule has 0 saturated heterocycles. The van der Waals surface area contributed by atoms with Crippen LogP contribution in [0.5, 0.6) is 0 Å². The van der Waals surface area contributed by atoms with E-state index in [1.54, 1.807) is 0 Å². The van der Waals surface area contributed by atoms with Gasteiger partial charge in [0.05, 0.1) is 26.1 Å². The second-order valence-corrected chi connectivity index (χ2v) is 5.22. The highest BCUT2D eigenvalue weighted by molar-refractivity contribution is 5.88. The molecular weight excluding hydrogens is 358 g/mol. The Morgan fingerprint density at radius 3 is 1.81 bits per heavy atom. The molecule has 7 N–H and O–H groups in total. The maximum absolute atomic E-state index is 10.3. The SMILES string of the molecule is CCCCCON[C@@H](CO)C(=O)O.O=C(O)CC(O)(CC(=O)O)C(=O)O. The molecule has 0 saturated carbocycles. The van der Waals surface area contributed by atoms with Crippen LogP contribution in [0.1, 0.15) is 39.0 Å². The van der Waals surface area contributed by atoms with Crippen LogP contribution in [0.4, 0.5) is 0 Å². The summed E-state index contributed by atoms with van der Waals surface area (Å²) in [4.78, 5) is 45.7. The van der Waals surface area contributed by atoms with Crippen molar-refractivity contribution in [2.75, 3.05) is 13.2 Å². The summed E-state index contributed by atoms with van der Waals surface area (Å²) in [6, 6.07) is -1.03. The van der Waals surface area contributed by atoms with Gasteiger partial charge in [-0.1, -0.05) is 19.8 Å². The van der Waals surface area contributed by atoms with Gasteiger partial charge in [0.15, 0.2) is 11.6 Å². The largest absolute Gasteiger partial charge is 0.481 e. The van der Waals surface area contributed by atoms with Gasteiger partial charge in [-0.15, -0.1) is 0 Å². The monoisotopic (exact) mass is 383 g/mol. The molecule has 0 aromatic heterocycles. The lowest BCUT2D eigenvalue weighted by molar-refractivity contribution is -0.170. The Hall–Kier alpha value is -2.28. The fourth-order valence-corrected chi connectivity index (χ4v) is 1.46. The molecule has 0 aromatic rings. The van der Waals surface area contributed by atoms with Crippen LogP contribution in [-0.4, -0.2) is 79.4 Å². The standard InChI is InChI=1S/C8H17NO4.C6H8O7/c1-2-3-4-5-13-9-7(6-10)8(11)12;7-3(8)1-6(13,5(11)12)2-4(9)10/h7,9-10H,2-6H2,1H3,(H,11,12);13H,1-2H2,(H,7,8)(H,9,10)(H,11,12)/t7-;/m0./s1. The number of carboxylic acids is 4. The molecule has 0 amide bonds. The average molecular weight is 383 g/mol. The van der Waals surface area contributed by atoms with Gasteiger partial charge in [-0.25, -0.2) is 4.79 Å². The van der Waals surface area contributed by atoms with Gasteiger partial charge in [-0.3, -0.25) is 14.4 Å². The Labute approximate surface area is 149 Å². The second-order valence-electron chi connectivity index (χ2n) is 5.22. The van der Waals surface area contributed by atoms with Crippen molar-refractivity contribution in [3.63, 3.8) is 0 Å². The van der Waals surface area contributed by atoms with Crippen LogP contribution in [-0.2, 0) is 24.0 Å². The van der Waals surface area contributed by atoms with E-state index in [1.807, 2.05) is 0 Å². The molecule has 0 unspecified atom stereocenters. The Balaban J connectivity index is 0. The zero-order chi connectivity index (χ0) is 20.8. The Bertz CT molecular complexity index is 450. The lowest BCUT2D eigenvalue weighted by atomic mass is 9.96. The first-order chi connectivity index (χ1) is 12.0. The number of hydroxylamine groups is 1. The maximum Gasteiger partial charge on any atom is 0.336 e. The van der Waals surface area contributed by atoms with Crippen LogP contribution >= 0.6 is 0 Å². The highest BCUT2D eigenvalue weighted by Gasteiger charge is 2.40. The number of nitrogens with one attached hydrogen (secondary N) is 1. The molecule has 0 aliphatic heterocycles. The van der Waals surface area contributed by atoms with E-state index in [0.717, 1.165) is 19.3 Å². The van der Waals surface area contributed by atoms with Crippen molar-refractivity contribution in [2.24, 2.45) is 0 Å². The molecule has 0 spiro atoms. The molecule has 0 bridgehead atoms. The van der Waals surface area contributed by atoms with Gasteiger partial charge in [-0.2, -0.15) is 5.48 Å². The molecule has 0 rings (SSSR count). The Kier molecular flexibility index (Phi) is 13.9. The number of carboxylic acid groups (broad SMARTS) is 4. The Morgan fingerprint density at radius 2 is 1.50 bits per heavy atom. The van der Waals surface area contributed by atoms with Crippen LogP contribution in [0.3, 0.4) is 0 Å². The van der Waals surface area contributed by atoms with Gasteiger partial charge < -0.3 is 35.5 Å². The van der Waals surface area contributed by atoms with E-state index in [4.69, 9.17) is 35.5 Å². The molecule has 0 aromatic carbocycles. The minimum atomic E-state index is -2.74. The highest BCUT2D eigenvalue weighted by Crippen LogP contribution is 2.15. The van der Waals surface area contributed by atoms with E-state index < -0.39 is 55.0 Å². The Morgan fingerprint density at radius 1 is 1.00 bits per heavy atom. The minimum absolute atomic E-state index is 0.469.